The Morgan fingerprint density at radius 3 is 2.65 bits per heavy atom. The summed E-state index contributed by atoms with van der Waals surface area (Å²) in [6.07, 6.45) is 6.66. The SMILES string of the molecule is CCCC1CCN(CC(N)C2CCOC2)CC1. The minimum Gasteiger partial charge on any atom is -0.381 e. The van der Waals surface area contributed by atoms with Crippen molar-refractivity contribution in [1.82, 2.24) is 4.90 Å². The van der Waals surface area contributed by atoms with Crippen LogP contribution in [0.3, 0.4) is 0 Å². The molecule has 3 nitrogen and oxygen atoms in total. The first-order valence-corrected chi connectivity index (χ1v) is 7.35. The molecule has 0 spiro atoms. The lowest BCUT2D eigenvalue weighted by Gasteiger charge is -2.34. The Kier molecular flexibility index (Phi) is 5.26. The van der Waals surface area contributed by atoms with Gasteiger partial charge in [-0.25, -0.2) is 0 Å². The van der Waals surface area contributed by atoms with Crippen molar-refractivity contribution >= 4 is 0 Å². The van der Waals surface area contributed by atoms with Crippen molar-refractivity contribution in [2.45, 2.75) is 45.1 Å². The van der Waals surface area contributed by atoms with Crippen molar-refractivity contribution in [3.8, 4) is 0 Å². The highest BCUT2D eigenvalue weighted by atomic mass is 16.5. The zero-order valence-electron chi connectivity index (χ0n) is 11.2. The van der Waals surface area contributed by atoms with Gasteiger partial charge in [-0.2, -0.15) is 0 Å². The predicted octanol–water partition coefficient (Wildman–Crippen LogP) is 1.86. The monoisotopic (exact) mass is 240 g/mol. The first-order chi connectivity index (χ1) is 8.29. The Morgan fingerprint density at radius 1 is 1.29 bits per heavy atom. The van der Waals surface area contributed by atoms with Gasteiger partial charge in [0, 0.05) is 25.1 Å². The molecule has 0 saturated carbocycles. The molecule has 100 valence electrons. The standard InChI is InChI=1S/C14H28N2O/c1-2-3-12-4-7-16(8-5-12)10-14(15)13-6-9-17-11-13/h12-14H,2-11,15H2,1H3. The van der Waals surface area contributed by atoms with E-state index < -0.39 is 0 Å². The average molecular weight is 240 g/mol. The van der Waals surface area contributed by atoms with Crippen LogP contribution in [0.25, 0.3) is 0 Å². The van der Waals surface area contributed by atoms with Crippen molar-refractivity contribution in [2.24, 2.45) is 17.6 Å². The van der Waals surface area contributed by atoms with Gasteiger partial charge < -0.3 is 15.4 Å². The Hall–Kier alpha value is -0.120. The summed E-state index contributed by atoms with van der Waals surface area (Å²) in [5.41, 5.74) is 6.28. The summed E-state index contributed by atoms with van der Waals surface area (Å²) in [6, 6.07) is 0.320. The maximum atomic E-state index is 6.28. The average Bonchev–Trinajstić information content (AvgIpc) is 2.86. The summed E-state index contributed by atoms with van der Waals surface area (Å²) in [5.74, 6) is 1.57. The van der Waals surface area contributed by atoms with E-state index in [1.807, 2.05) is 0 Å². The van der Waals surface area contributed by atoms with E-state index >= 15 is 0 Å². The molecule has 2 rings (SSSR count). The van der Waals surface area contributed by atoms with Gasteiger partial charge in [0.2, 0.25) is 0 Å². The molecule has 0 aromatic rings. The topological polar surface area (TPSA) is 38.5 Å². The fourth-order valence-corrected chi connectivity index (χ4v) is 3.20. The summed E-state index contributed by atoms with van der Waals surface area (Å²) >= 11 is 0. The maximum absolute atomic E-state index is 6.28. The molecule has 0 radical (unpaired) electrons. The molecule has 17 heavy (non-hydrogen) atoms. The van der Waals surface area contributed by atoms with Crippen LogP contribution in [-0.2, 0) is 4.74 Å². The van der Waals surface area contributed by atoms with Gasteiger partial charge in [-0.3, -0.25) is 0 Å². The van der Waals surface area contributed by atoms with Crippen LogP contribution in [0, 0.1) is 11.8 Å². The molecule has 0 amide bonds. The van der Waals surface area contributed by atoms with Crippen LogP contribution in [0.2, 0.25) is 0 Å². The Morgan fingerprint density at radius 2 is 2.06 bits per heavy atom. The summed E-state index contributed by atoms with van der Waals surface area (Å²) in [7, 11) is 0. The van der Waals surface area contributed by atoms with E-state index in [-0.39, 0.29) is 0 Å². The summed E-state index contributed by atoms with van der Waals surface area (Å²) in [5, 5.41) is 0. The number of nitrogens with two attached hydrogens (primary N) is 1. The quantitative estimate of drug-likeness (QED) is 0.797. The van der Waals surface area contributed by atoms with E-state index in [0.29, 0.717) is 12.0 Å². The number of rotatable bonds is 5. The third kappa shape index (κ3) is 3.94. The minimum atomic E-state index is 0.320. The molecule has 2 heterocycles. The molecule has 0 aromatic heterocycles. The molecule has 2 fully saturated rings. The number of piperidine rings is 1. The lowest BCUT2D eigenvalue weighted by Crippen LogP contribution is -2.45. The van der Waals surface area contributed by atoms with Gasteiger partial charge in [-0.05, 0) is 38.3 Å². The number of likely N-dealkylation sites (tertiary alicyclic amines) is 1. The molecule has 0 aliphatic carbocycles. The van der Waals surface area contributed by atoms with E-state index in [2.05, 4.69) is 11.8 Å². The van der Waals surface area contributed by atoms with Gasteiger partial charge in [0.25, 0.3) is 0 Å². The van der Waals surface area contributed by atoms with Crippen LogP contribution in [0.1, 0.15) is 39.0 Å². The van der Waals surface area contributed by atoms with Crippen LogP contribution in [0.4, 0.5) is 0 Å². The number of nitrogens with zero attached hydrogens (tertiary/aromatic N) is 1. The van der Waals surface area contributed by atoms with E-state index in [1.54, 1.807) is 0 Å². The van der Waals surface area contributed by atoms with Crippen LogP contribution in [0.5, 0.6) is 0 Å². The molecule has 3 heteroatoms. The van der Waals surface area contributed by atoms with Crippen molar-refractivity contribution in [1.29, 1.82) is 0 Å². The van der Waals surface area contributed by atoms with Gasteiger partial charge in [0.1, 0.15) is 0 Å². The molecule has 2 unspecified atom stereocenters. The van der Waals surface area contributed by atoms with Crippen molar-refractivity contribution in [2.75, 3.05) is 32.8 Å². The third-order valence-corrected chi connectivity index (χ3v) is 4.44. The highest BCUT2D eigenvalue weighted by molar-refractivity contribution is 4.81. The minimum absolute atomic E-state index is 0.320. The highest BCUT2D eigenvalue weighted by Gasteiger charge is 2.26. The third-order valence-electron chi connectivity index (χ3n) is 4.44. The smallest absolute Gasteiger partial charge is 0.0510 e. The van der Waals surface area contributed by atoms with Crippen LogP contribution < -0.4 is 5.73 Å². The summed E-state index contributed by atoms with van der Waals surface area (Å²) in [6.45, 7) is 7.68. The molecule has 0 aromatic carbocycles. The second-order valence-corrected chi connectivity index (χ2v) is 5.82. The Labute approximate surface area is 106 Å². The fraction of sp³-hybridized carbons (Fsp3) is 1.00. The fourth-order valence-electron chi connectivity index (χ4n) is 3.20. The lowest BCUT2D eigenvalue weighted by molar-refractivity contribution is 0.145. The zero-order valence-corrected chi connectivity index (χ0v) is 11.2. The molecular weight excluding hydrogens is 212 g/mol. The second-order valence-electron chi connectivity index (χ2n) is 5.82. The first-order valence-electron chi connectivity index (χ1n) is 7.35. The van der Waals surface area contributed by atoms with E-state index in [9.17, 15) is 0 Å². The molecule has 2 atom stereocenters. The normalized spacial score (nSPS) is 29.6. The molecule has 2 aliphatic rings. The highest BCUT2D eigenvalue weighted by Crippen LogP contribution is 2.23. The molecule has 0 bridgehead atoms. The molecule has 2 N–H and O–H groups in total. The van der Waals surface area contributed by atoms with Gasteiger partial charge >= 0.3 is 0 Å². The number of ether oxygens (including phenoxy) is 1. The predicted molar refractivity (Wildman–Crippen MR) is 71.0 cm³/mol. The zero-order chi connectivity index (χ0) is 12.1. The van der Waals surface area contributed by atoms with Crippen molar-refractivity contribution in [3.05, 3.63) is 0 Å². The first kappa shape index (κ1) is 13.3. The van der Waals surface area contributed by atoms with Gasteiger partial charge in [0.05, 0.1) is 6.61 Å². The summed E-state index contributed by atoms with van der Waals surface area (Å²) in [4.78, 5) is 2.56. The Balaban J connectivity index is 1.66. The molecular formula is C14H28N2O. The maximum Gasteiger partial charge on any atom is 0.0510 e. The number of hydrogen-bond acceptors (Lipinski definition) is 3. The Bertz CT molecular complexity index is 208. The van der Waals surface area contributed by atoms with Crippen LogP contribution >= 0.6 is 0 Å². The van der Waals surface area contributed by atoms with Gasteiger partial charge in [-0.1, -0.05) is 19.8 Å². The number of hydrogen-bond donors (Lipinski definition) is 1. The van der Waals surface area contributed by atoms with E-state index in [1.165, 1.54) is 38.8 Å². The van der Waals surface area contributed by atoms with Gasteiger partial charge in [-0.15, -0.1) is 0 Å². The van der Waals surface area contributed by atoms with Crippen molar-refractivity contribution in [3.63, 3.8) is 0 Å². The summed E-state index contributed by atoms with van der Waals surface area (Å²) < 4.78 is 5.42. The van der Waals surface area contributed by atoms with E-state index in [4.69, 9.17) is 10.5 Å². The van der Waals surface area contributed by atoms with E-state index in [0.717, 1.165) is 32.1 Å². The lowest BCUT2D eigenvalue weighted by atomic mass is 9.91. The second kappa shape index (κ2) is 6.72. The van der Waals surface area contributed by atoms with Crippen LogP contribution in [-0.4, -0.2) is 43.8 Å². The largest absolute Gasteiger partial charge is 0.381 e. The molecule has 2 saturated heterocycles. The van der Waals surface area contributed by atoms with Crippen LogP contribution in [0.15, 0.2) is 0 Å². The molecule has 2 aliphatic heterocycles. The van der Waals surface area contributed by atoms with Crippen molar-refractivity contribution < 1.29 is 4.74 Å². The van der Waals surface area contributed by atoms with Gasteiger partial charge in [0.15, 0.2) is 0 Å².